The third-order valence-corrected chi connectivity index (χ3v) is 9.65. The standard InChI is InChI=1S/C42H52N4O5/c1-3-5-7-8-9-26-51-36-23-21-32(22-24-36)35-28-43-39(44-29-35)33-17-15-31(16-18-33)27-37(41(48)46-25-10-12-38(46)42(49)50)45-40(47)34-19-13-30(14-20-34)11-6-4-2/h13-24,28-29,37-38,41,48H,3-12,25-27H2,1-2H3,(H,45,47)(H,49,50)/t37-,38-,41?/m0/s1. The van der Waals surface area contributed by atoms with Crippen molar-refractivity contribution in [1.82, 2.24) is 20.2 Å². The smallest absolute Gasteiger partial charge is 0.320 e. The first-order chi connectivity index (χ1) is 24.9. The number of carbonyl (C=O) groups is 2. The Bertz CT molecular complexity index is 1660. The van der Waals surface area contributed by atoms with Crippen molar-refractivity contribution in [1.29, 1.82) is 0 Å². The van der Waals surface area contributed by atoms with Gasteiger partial charge in [0.15, 0.2) is 5.82 Å². The van der Waals surface area contributed by atoms with Gasteiger partial charge >= 0.3 is 5.97 Å². The predicted molar refractivity (Wildman–Crippen MR) is 201 cm³/mol. The van der Waals surface area contributed by atoms with Crippen molar-refractivity contribution < 1.29 is 24.5 Å². The number of aliphatic hydroxyl groups is 1. The zero-order valence-corrected chi connectivity index (χ0v) is 30.0. The largest absolute Gasteiger partial charge is 0.494 e. The molecule has 4 aromatic rings. The molecule has 9 heteroatoms. The van der Waals surface area contributed by atoms with Crippen molar-refractivity contribution in [3.63, 3.8) is 0 Å². The monoisotopic (exact) mass is 692 g/mol. The Hall–Kier alpha value is -4.60. The van der Waals surface area contributed by atoms with Crippen LogP contribution in [0.3, 0.4) is 0 Å². The molecule has 5 rings (SSSR count). The van der Waals surface area contributed by atoms with Gasteiger partial charge in [0.25, 0.3) is 5.91 Å². The first kappa shape index (κ1) is 37.7. The van der Waals surface area contributed by atoms with E-state index in [0.29, 0.717) is 37.2 Å². The fourth-order valence-corrected chi connectivity index (χ4v) is 6.60. The molecule has 0 spiro atoms. The number of hydrogen-bond donors (Lipinski definition) is 3. The van der Waals surface area contributed by atoms with Crippen LogP contribution >= 0.6 is 0 Å². The van der Waals surface area contributed by atoms with Crippen LogP contribution in [0.2, 0.25) is 0 Å². The predicted octanol–water partition coefficient (Wildman–Crippen LogP) is 7.71. The van der Waals surface area contributed by atoms with E-state index in [1.807, 2.05) is 73.1 Å². The molecule has 3 aromatic carbocycles. The van der Waals surface area contributed by atoms with Gasteiger partial charge in [-0.1, -0.05) is 94.5 Å². The molecule has 0 bridgehead atoms. The van der Waals surface area contributed by atoms with Crippen molar-refractivity contribution in [2.75, 3.05) is 13.2 Å². The van der Waals surface area contributed by atoms with E-state index in [1.54, 1.807) is 17.0 Å². The Morgan fingerprint density at radius 3 is 2.14 bits per heavy atom. The number of aliphatic hydroxyl groups excluding tert-OH is 1. The van der Waals surface area contributed by atoms with E-state index in [4.69, 9.17) is 4.74 Å². The number of rotatable bonds is 19. The molecule has 1 fully saturated rings. The third kappa shape index (κ3) is 10.7. The van der Waals surface area contributed by atoms with Crippen LogP contribution in [0.1, 0.15) is 93.1 Å². The molecule has 3 N–H and O–H groups in total. The Balaban J connectivity index is 1.23. The summed E-state index contributed by atoms with van der Waals surface area (Å²) in [5, 5.41) is 24.3. The number of aliphatic carboxylic acids is 1. The van der Waals surface area contributed by atoms with E-state index < -0.39 is 24.3 Å². The lowest BCUT2D eigenvalue weighted by Crippen LogP contribution is -2.55. The highest BCUT2D eigenvalue weighted by molar-refractivity contribution is 5.94. The van der Waals surface area contributed by atoms with E-state index in [2.05, 4.69) is 29.1 Å². The second-order valence-electron chi connectivity index (χ2n) is 13.5. The average Bonchev–Trinajstić information content (AvgIpc) is 3.66. The van der Waals surface area contributed by atoms with Gasteiger partial charge in [0.05, 0.1) is 12.6 Å². The maximum atomic E-state index is 13.4. The van der Waals surface area contributed by atoms with E-state index in [1.165, 1.54) is 31.2 Å². The zero-order valence-electron chi connectivity index (χ0n) is 30.0. The quantitative estimate of drug-likeness (QED) is 0.0854. The molecule has 1 amide bonds. The lowest BCUT2D eigenvalue weighted by atomic mass is 10.0. The van der Waals surface area contributed by atoms with Crippen molar-refractivity contribution in [3.05, 3.63) is 102 Å². The van der Waals surface area contributed by atoms with Crippen molar-refractivity contribution >= 4 is 11.9 Å². The summed E-state index contributed by atoms with van der Waals surface area (Å²) in [6.45, 7) is 5.54. The first-order valence-electron chi connectivity index (χ1n) is 18.6. The summed E-state index contributed by atoms with van der Waals surface area (Å²) in [6, 6.07) is 21.7. The molecule has 1 unspecified atom stereocenters. The molecular weight excluding hydrogens is 640 g/mol. The van der Waals surface area contributed by atoms with E-state index in [-0.39, 0.29) is 5.91 Å². The molecular formula is C42H52N4O5. The van der Waals surface area contributed by atoms with Gasteiger partial charge in [0.2, 0.25) is 0 Å². The van der Waals surface area contributed by atoms with Gasteiger partial charge in [-0.05, 0) is 79.5 Å². The van der Waals surface area contributed by atoms with Crippen molar-refractivity contribution in [2.45, 2.75) is 103 Å². The van der Waals surface area contributed by atoms with Gasteiger partial charge < -0.3 is 20.3 Å². The maximum absolute atomic E-state index is 13.4. The summed E-state index contributed by atoms with van der Waals surface area (Å²) >= 11 is 0. The number of unbranched alkanes of at least 4 members (excludes halogenated alkanes) is 5. The number of nitrogens with zero attached hydrogens (tertiary/aromatic N) is 3. The minimum absolute atomic E-state index is 0.308. The fraction of sp³-hybridized carbons (Fsp3) is 0.429. The van der Waals surface area contributed by atoms with Crippen molar-refractivity contribution in [3.8, 4) is 28.3 Å². The van der Waals surface area contributed by atoms with Crippen molar-refractivity contribution in [2.24, 2.45) is 0 Å². The molecule has 9 nitrogen and oxygen atoms in total. The lowest BCUT2D eigenvalue weighted by molar-refractivity contribution is -0.147. The van der Waals surface area contributed by atoms with Gasteiger partial charge in [-0.2, -0.15) is 0 Å². The number of hydrogen-bond acceptors (Lipinski definition) is 7. The number of carbonyl (C=O) groups excluding carboxylic acids is 1. The van der Waals surface area contributed by atoms with Gasteiger partial charge in [-0.25, -0.2) is 9.97 Å². The highest BCUT2D eigenvalue weighted by Gasteiger charge is 2.38. The van der Waals surface area contributed by atoms with Crippen LogP contribution in [0.15, 0.2) is 85.2 Å². The molecule has 1 aliphatic rings. The van der Waals surface area contributed by atoms with Crippen LogP contribution < -0.4 is 10.1 Å². The van der Waals surface area contributed by atoms with E-state index >= 15 is 0 Å². The Kier molecular flexibility index (Phi) is 14.1. The molecule has 270 valence electrons. The minimum Gasteiger partial charge on any atom is -0.494 e. The van der Waals surface area contributed by atoms with Gasteiger partial charge in [0.1, 0.15) is 18.0 Å². The maximum Gasteiger partial charge on any atom is 0.320 e. The molecule has 51 heavy (non-hydrogen) atoms. The number of aromatic nitrogens is 2. The number of benzene rings is 3. The van der Waals surface area contributed by atoms with Crippen LogP contribution in [0.5, 0.6) is 5.75 Å². The molecule has 0 aliphatic carbocycles. The molecule has 1 aliphatic heterocycles. The number of carboxylic acid groups (broad SMARTS) is 1. The SMILES string of the molecule is CCCCCCCOc1ccc(-c2cnc(-c3ccc(C[C@H](NC(=O)c4ccc(CCCC)cc4)C(O)N4CCC[C@H]4C(=O)O)cc3)nc2)cc1. The zero-order chi connectivity index (χ0) is 36.0. The molecule has 1 saturated heterocycles. The summed E-state index contributed by atoms with van der Waals surface area (Å²) in [5.74, 6) is 0.170. The van der Waals surface area contributed by atoms with Crippen LogP contribution in [-0.4, -0.2) is 68.4 Å². The van der Waals surface area contributed by atoms with Gasteiger partial charge in [-0.15, -0.1) is 0 Å². The second kappa shape index (κ2) is 19.1. The number of ether oxygens (including phenoxy) is 1. The normalized spacial score (nSPS) is 15.7. The first-order valence-corrected chi connectivity index (χ1v) is 18.6. The summed E-state index contributed by atoms with van der Waals surface area (Å²) in [5.41, 5.74) is 5.30. The number of nitrogens with one attached hydrogen (secondary N) is 1. The minimum atomic E-state index is -1.17. The van der Waals surface area contributed by atoms with Gasteiger partial charge in [-0.3, -0.25) is 14.5 Å². The van der Waals surface area contributed by atoms with E-state index in [9.17, 15) is 19.8 Å². The topological polar surface area (TPSA) is 125 Å². The highest BCUT2D eigenvalue weighted by Crippen LogP contribution is 2.25. The van der Waals surface area contributed by atoms with Gasteiger partial charge in [0, 0.05) is 35.6 Å². The average molecular weight is 693 g/mol. The van der Waals surface area contributed by atoms with Crippen LogP contribution in [-0.2, 0) is 17.6 Å². The third-order valence-electron chi connectivity index (χ3n) is 9.65. The number of aryl methyl sites for hydroxylation is 1. The number of likely N-dealkylation sites (tertiary alicyclic amines) is 1. The summed E-state index contributed by atoms with van der Waals surface area (Å²) in [4.78, 5) is 36.2. The van der Waals surface area contributed by atoms with Crippen LogP contribution in [0.4, 0.5) is 0 Å². The second-order valence-corrected chi connectivity index (χ2v) is 13.5. The summed E-state index contributed by atoms with van der Waals surface area (Å²) < 4.78 is 5.90. The van der Waals surface area contributed by atoms with Crippen LogP contribution in [0.25, 0.3) is 22.5 Å². The summed E-state index contributed by atoms with van der Waals surface area (Å²) in [6.07, 6.45) is 13.1. The Morgan fingerprint density at radius 1 is 0.824 bits per heavy atom. The van der Waals surface area contributed by atoms with E-state index in [0.717, 1.165) is 60.3 Å². The molecule has 2 heterocycles. The molecule has 0 saturated carbocycles. The molecule has 1 aromatic heterocycles. The Labute approximate surface area is 302 Å². The molecule has 3 atom stereocenters. The lowest BCUT2D eigenvalue weighted by Gasteiger charge is -2.33. The highest BCUT2D eigenvalue weighted by atomic mass is 16.5. The number of amides is 1. The Morgan fingerprint density at radius 2 is 1.47 bits per heavy atom. The number of carboxylic acids is 1. The fourth-order valence-electron chi connectivity index (χ4n) is 6.60. The summed E-state index contributed by atoms with van der Waals surface area (Å²) in [7, 11) is 0. The van der Waals surface area contributed by atoms with Crippen LogP contribution in [0, 0.1) is 0 Å². The molecule has 0 radical (unpaired) electrons.